The van der Waals surface area contributed by atoms with Gasteiger partial charge in [-0.3, -0.25) is 0 Å². The van der Waals surface area contributed by atoms with Crippen LogP contribution in [0.5, 0.6) is 0 Å². The van der Waals surface area contributed by atoms with Gasteiger partial charge in [-0.15, -0.1) is 0 Å². The van der Waals surface area contributed by atoms with Gasteiger partial charge in [0.1, 0.15) is 6.26 Å². The van der Waals surface area contributed by atoms with Gasteiger partial charge in [0.2, 0.25) is 0 Å². The van der Waals surface area contributed by atoms with Crippen molar-refractivity contribution in [3.8, 4) is 0 Å². The lowest BCUT2D eigenvalue weighted by Crippen LogP contribution is -2.18. The van der Waals surface area contributed by atoms with Crippen LogP contribution < -0.4 is 5.73 Å². The van der Waals surface area contributed by atoms with Crippen LogP contribution in [0.15, 0.2) is 10.7 Å². The summed E-state index contributed by atoms with van der Waals surface area (Å²) in [5, 5.41) is 0. The van der Waals surface area contributed by atoms with Gasteiger partial charge in [-0.25, -0.2) is 4.98 Å². The van der Waals surface area contributed by atoms with Crippen LogP contribution in [0.1, 0.15) is 31.4 Å². The molecule has 0 aliphatic rings. The van der Waals surface area contributed by atoms with Gasteiger partial charge in [-0.05, 0) is 5.92 Å². The van der Waals surface area contributed by atoms with Crippen molar-refractivity contribution < 1.29 is 4.42 Å². The molecule has 1 heterocycles. The summed E-state index contributed by atoms with van der Waals surface area (Å²) in [6.45, 7) is 6.75. The third-order valence-corrected chi connectivity index (χ3v) is 2.08. The van der Waals surface area contributed by atoms with Crippen molar-refractivity contribution in [2.24, 2.45) is 11.7 Å². The number of oxazole rings is 1. The lowest BCUT2D eigenvalue weighted by atomic mass is 9.93. The van der Waals surface area contributed by atoms with Crippen LogP contribution >= 0.6 is 0 Å². The van der Waals surface area contributed by atoms with Crippen LogP contribution in [-0.4, -0.2) is 11.5 Å². The number of hydrogen-bond acceptors (Lipinski definition) is 3. The molecular weight excluding hydrogens is 152 g/mol. The molecule has 68 valence electrons. The van der Waals surface area contributed by atoms with E-state index in [1.54, 1.807) is 6.26 Å². The molecule has 1 aromatic heterocycles. The first-order chi connectivity index (χ1) is 5.65. The van der Waals surface area contributed by atoms with Crippen LogP contribution in [0.2, 0.25) is 0 Å². The van der Waals surface area contributed by atoms with E-state index in [1.165, 1.54) is 0 Å². The van der Waals surface area contributed by atoms with Crippen LogP contribution in [0.25, 0.3) is 0 Å². The minimum atomic E-state index is 0.322. The number of aryl methyl sites for hydroxylation is 1. The molecule has 3 nitrogen and oxygen atoms in total. The highest BCUT2D eigenvalue weighted by Crippen LogP contribution is 2.21. The van der Waals surface area contributed by atoms with Crippen LogP contribution in [-0.2, 0) is 0 Å². The Bertz CT molecular complexity index is 242. The average molecular weight is 168 g/mol. The summed E-state index contributed by atoms with van der Waals surface area (Å²) in [5.74, 6) is 1.55. The Morgan fingerprint density at radius 2 is 2.25 bits per heavy atom. The lowest BCUT2D eigenvalue weighted by Gasteiger charge is -2.14. The molecule has 0 saturated heterocycles. The van der Waals surface area contributed by atoms with E-state index in [0.29, 0.717) is 24.3 Å². The first-order valence-corrected chi connectivity index (χ1v) is 4.27. The summed E-state index contributed by atoms with van der Waals surface area (Å²) in [5.41, 5.74) is 6.61. The fraction of sp³-hybridized carbons (Fsp3) is 0.667. The first kappa shape index (κ1) is 9.26. The minimum Gasteiger partial charge on any atom is -0.449 e. The van der Waals surface area contributed by atoms with Gasteiger partial charge < -0.3 is 10.2 Å². The fourth-order valence-corrected chi connectivity index (χ4v) is 1.28. The van der Waals surface area contributed by atoms with Gasteiger partial charge >= 0.3 is 0 Å². The van der Waals surface area contributed by atoms with E-state index in [1.807, 2.05) is 6.92 Å². The maximum Gasteiger partial charge on any atom is 0.191 e. The molecule has 0 saturated carbocycles. The molecule has 1 atom stereocenters. The van der Waals surface area contributed by atoms with Crippen LogP contribution in [0.3, 0.4) is 0 Å². The zero-order chi connectivity index (χ0) is 9.14. The van der Waals surface area contributed by atoms with Crippen molar-refractivity contribution in [2.75, 3.05) is 6.54 Å². The molecule has 0 spiro atoms. The van der Waals surface area contributed by atoms with Crippen molar-refractivity contribution in [3.63, 3.8) is 0 Å². The highest BCUT2D eigenvalue weighted by Gasteiger charge is 2.16. The summed E-state index contributed by atoms with van der Waals surface area (Å²) in [6, 6.07) is 0. The molecule has 0 radical (unpaired) electrons. The Kier molecular flexibility index (Phi) is 2.87. The maximum absolute atomic E-state index is 5.63. The van der Waals surface area contributed by atoms with E-state index in [-0.39, 0.29) is 0 Å². The first-order valence-electron chi connectivity index (χ1n) is 4.27. The number of nitrogens with zero attached hydrogens (tertiary/aromatic N) is 1. The molecule has 0 aromatic carbocycles. The highest BCUT2D eigenvalue weighted by molar-refractivity contribution is 5.05. The average Bonchev–Trinajstić information content (AvgIpc) is 2.37. The third kappa shape index (κ3) is 1.85. The second-order valence-corrected chi connectivity index (χ2v) is 3.38. The molecule has 0 fully saturated rings. The topological polar surface area (TPSA) is 52.0 Å². The molecule has 3 heteroatoms. The van der Waals surface area contributed by atoms with Gasteiger partial charge in [0.25, 0.3) is 0 Å². The number of aromatic nitrogens is 1. The van der Waals surface area contributed by atoms with Crippen molar-refractivity contribution in [1.82, 2.24) is 4.98 Å². The number of nitrogens with two attached hydrogens (primary N) is 1. The van der Waals surface area contributed by atoms with Crippen molar-refractivity contribution in [1.29, 1.82) is 0 Å². The molecule has 0 aliphatic carbocycles. The van der Waals surface area contributed by atoms with Crippen LogP contribution in [0, 0.1) is 12.8 Å². The lowest BCUT2D eigenvalue weighted by molar-refractivity contribution is 0.488. The summed E-state index contributed by atoms with van der Waals surface area (Å²) in [7, 11) is 0. The zero-order valence-electron chi connectivity index (χ0n) is 7.87. The van der Waals surface area contributed by atoms with Gasteiger partial charge in [0.05, 0.1) is 5.69 Å². The second kappa shape index (κ2) is 3.72. The largest absolute Gasteiger partial charge is 0.449 e. The molecule has 12 heavy (non-hydrogen) atoms. The normalized spacial score (nSPS) is 13.8. The summed E-state index contributed by atoms with van der Waals surface area (Å²) >= 11 is 0. The van der Waals surface area contributed by atoms with Crippen molar-refractivity contribution in [3.05, 3.63) is 17.8 Å². The zero-order valence-corrected chi connectivity index (χ0v) is 7.87. The Hall–Kier alpha value is -0.830. The SMILES string of the molecule is Cc1nc(C(CN)C(C)C)co1. The van der Waals surface area contributed by atoms with Crippen molar-refractivity contribution >= 4 is 0 Å². The maximum atomic E-state index is 5.63. The number of hydrogen-bond donors (Lipinski definition) is 1. The molecule has 1 rings (SSSR count). The summed E-state index contributed by atoms with van der Waals surface area (Å²) < 4.78 is 5.13. The molecule has 0 amide bonds. The van der Waals surface area contributed by atoms with E-state index in [4.69, 9.17) is 10.2 Å². The highest BCUT2D eigenvalue weighted by atomic mass is 16.3. The van der Waals surface area contributed by atoms with E-state index in [0.717, 1.165) is 5.69 Å². The van der Waals surface area contributed by atoms with Crippen molar-refractivity contribution in [2.45, 2.75) is 26.7 Å². The number of rotatable bonds is 3. The minimum absolute atomic E-state index is 0.322. The predicted molar refractivity (Wildman–Crippen MR) is 47.9 cm³/mol. The molecule has 2 N–H and O–H groups in total. The standard InChI is InChI=1S/C9H16N2O/c1-6(2)8(4-10)9-5-12-7(3)11-9/h5-6,8H,4,10H2,1-3H3. The van der Waals surface area contributed by atoms with E-state index in [2.05, 4.69) is 18.8 Å². The van der Waals surface area contributed by atoms with E-state index < -0.39 is 0 Å². The smallest absolute Gasteiger partial charge is 0.191 e. The molecule has 0 bridgehead atoms. The quantitative estimate of drug-likeness (QED) is 0.747. The third-order valence-electron chi connectivity index (χ3n) is 2.08. The predicted octanol–water partition coefficient (Wildman–Crippen LogP) is 1.68. The van der Waals surface area contributed by atoms with Gasteiger partial charge in [0.15, 0.2) is 5.89 Å². The van der Waals surface area contributed by atoms with Gasteiger partial charge in [-0.2, -0.15) is 0 Å². The summed E-state index contributed by atoms with van der Waals surface area (Å²) in [4.78, 5) is 4.26. The van der Waals surface area contributed by atoms with Gasteiger partial charge in [-0.1, -0.05) is 13.8 Å². The fourth-order valence-electron chi connectivity index (χ4n) is 1.28. The Morgan fingerprint density at radius 3 is 2.58 bits per heavy atom. The Balaban J connectivity index is 2.80. The van der Waals surface area contributed by atoms with E-state index >= 15 is 0 Å². The van der Waals surface area contributed by atoms with E-state index in [9.17, 15) is 0 Å². The van der Waals surface area contributed by atoms with Crippen LogP contribution in [0.4, 0.5) is 0 Å². The Morgan fingerprint density at radius 1 is 1.58 bits per heavy atom. The molecular formula is C9H16N2O. The monoisotopic (exact) mass is 168 g/mol. The summed E-state index contributed by atoms with van der Waals surface area (Å²) in [6.07, 6.45) is 1.70. The molecule has 1 unspecified atom stereocenters. The Labute approximate surface area is 73.0 Å². The molecule has 1 aromatic rings. The van der Waals surface area contributed by atoms with Gasteiger partial charge in [0, 0.05) is 19.4 Å². The molecule has 0 aliphatic heterocycles. The second-order valence-electron chi connectivity index (χ2n) is 3.38.